The number of carbonyl (C=O) groups is 3. The highest BCUT2D eigenvalue weighted by Gasteiger charge is 2.49. The van der Waals surface area contributed by atoms with E-state index in [9.17, 15) is 14.4 Å². The molecule has 6 nitrogen and oxygen atoms in total. The van der Waals surface area contributed by atoms with Crippen LogP contribution in [0.5, 0.6) is 0 Å². The Bertz CT molecular complexity index is 901. The summed E-state index contributed by atoms with van der Waals surface area (Å²) in [5.41, 5.74) is 3.25. The van der Waals surface area contributed by atoms with Crippen molar-refractivity contribution >= 4 is 23.5 Å². The van der Waals surface area contributed by atoms with E-state index >= 15 is 0 Å². The van der Waals surface area contributed by atoms with Crippen molar-refractivity contribution in [2.24, 2.45) is 0 Å². The van der Waals surface area contributed by atoms with E-state index in [1.165, 1.54) is 0 Å². The third-order valence-corrected chi connectivity index (χ3v) is 4.71. The Labute approximate surface area is 158 Å². The smallest absolute Gasteiger partial charge is 0.325 e. The lowest BCUT2D eigenvalue weighted by Gasteiger charge is -2.22. The second kappa shape index (κ2) is 6.87. The van der Waals surface area contributed by atoms with Crippen molar-refractivity contribution < 1.29 is 14.4 Å². The van der Waals surface area contributed by atoms with Gasteiger partial charge in [-0.2, -0.15) is 0 Å². The average molecular weight is 365 g/mol. The molecule has 0 unspecified atom stereocenters. The highest BCUT2D eigenvalue weighted by molar-refractivity contribution is 6.10. The minimum atomic E-state index is -1.18. The Balaban J connectivity index is 1.75. The molecule has 0 aromatic heterocycles. The van der Waals surface area contributed by atoms with Crippen molar-refractivity contribution in [3.8, 4) is 0 Å². The van der Waals surface area contributed by atoms with Gasteiger partial charge in [0.2, 0.25) is 5.91 Å². The van der Waals surface area contributed by atoms with Gasteiger partial charge in [0.05, 0.1) is 0 Å². The molecule has 2 aromatic rings. The van der Waals surface area contributed by atoms with Crippen LogP contribution >= 0.6 is 0 Å². The first kappa shape index (κ1) is 18.6. The van der Waals surface area contributed by atoms with Gasteiger partial charge in [0.1, 0.15) is 12.1 Å². The molecule has 1 heterocycles. The van der Waals surface area contributed by atoms with Crippen LogP contribution in [0.4, 0.5) is 10.5 Å². The lowest BCUT2D eigenvalue weighted by Crippen LogP contribution is -2.42. The van der Waals surface area contributed by atoms with E-state index in [0.29, 0.717) is 11.3 Å². The maximum Gasteiger partial charge on any atom is 0.325 e. The van der Waals surface area contributed by atoms with Crippen molar-refractivity contribution in [2.75, 3.05) is 11.9 Å². The molecule has 0 bridgehead atoms. The molecule has 1 aliphatic rings. The van der Waals surface area contributed by atoms with Gasteiger partial charge in [-0.15, -0.1) is 0 Å². The fraction of sp³-hybridized carbons (Fsp3) is 0.286. The van der Waals surface area contributed by atoms with Gasteiger partial charge in [-0.25, -0.2) is 4.79 Å². The first-order chi connectivity index (χ1) is 12.7. The number of anilines is 1. The van der Waals surface area contributed by atoms with Crippen molar-refractivity contribution in [2.45, 2.75) is 33.2 Å². The molecule has 1 atom stereocenters. The Morgan fingerprint density at radius 2 is 1.59 bits per heavy atom. The van der Waals surface area contributed by atoms with Crippen LogP contribution in [0.1, 0.15) is 29.2 Å². The average Bonchev–Trinajstić information content (AvgIpc) is 2.78. The summed E-state index contributed by atoms with van der Waals surface area (Å²) in [5, 5.41) is 5.46. The van der Waals surface area contributed by atoms with Crippen LogP contribution in [0.3, 0.4) is 0 Å². The normalized spacial score (nSPS) is 19.2. The number of hydrogen-bond acceptors (Lipinski definition) is 3. The third kappa shape index (κ3) is 3.69. The second-order valence-corrected chi connectivity index (χ2v) is 7.24. The predicted molar refractivity (Wildman–Crippen MR) is 103 cm³/mol. The molecule has 1 saturated heterocycles. The van der Waals surface area contributed by atoms with E-state index < -0.39 is 23.4 Å². The SMILES string of the molecule is Cc1ccc([C@@]2(C)NC(=O)N(CC(=O)Nc3cc(C)cc(C)c3)C2=O)cc1. The summed E-state index contributed by atoms with van der Waals surface area (Å²) < 4.78 is 0. The fourth-order valence-electron chi connectivity index (χ4n) is 3.31. The van der Waals surface area contributed by atoms with Crippen LogP contribution in [-0.2, 0) is 15.1 Å². The summed E-state index contributed by atoms with van der Waals surface area (Å²) in [4.78, 5) is 38.6. The van der Waals surface area contributed by atoms with Crippen LogP contribution < -0.4 is 10.6 Å². The lowest BCUT2D eigenvalue weighted by molar-refractivity contribution is -0.133. The fourth-order valence-corrected chi connectivity index (χ4v) is 3.31. The van der Waals surface area contributed by atoms with Crippen molar-refractivity contribution in [1.29, 1.82) is 0 Å². The summed E-state index contributed by atoms with van der Waals surface area (Å²) in [7, 11) is 0. The van der Waals surface area contributed by atoms with Crippen LogP contribution in [0.15, 0.2) is 42.5 Å². The lowest BCUT2D eigenvalue weighted by atomic mass is 9.91. The van der Waals surface area contributed by atoms with E-state index in [1.54, 1.807) is 6.92 Å². The van der Waals surface area contributed by atoms with Crippen LogP contribution in [-0.4, -0.2) is 29.3 Å². The highest BCUT2D eigenvalue weighted by Crippen LogP contribution is 2.29. The first-order valence-corrected chi connectivity index (χ1v) is 8.78. The minimum Gasteiger partial charge on any atom is -0.325 e. The van der Waals surface area contributed by atoms with E-state index in [4.69, 9.17) is 0 Å². The Kier molecular flexibility index (Phi) is 4.74. The maximum absolute atomic E-state index is 12.9. The number of benzene rings is 2. The number of amides is 4. The van der Waals surface area contributed by atoms with Gasteiger partial charge in [0, 0.05) is 5.69 Å². The summed E-state index contributed by atoms with van der Waals surface area (Å²) >= 11 is 0. The van der Waals surface area contributed by atoms with E-state index in [0.717, 1.165) is 21.6 Å². The predicted octanol–water partition coefficient (Wildman–Crippen LogP) is 3.02. The van der Waals surface area contributed by atoms with E-state index in [2.05, 4.69) is 10.6 Å². The van der Waals surface area contributed by atoms with Crippen molar-refractivity contribution in [3.05, 3.63) is 64.7 Å². The molecular weight excluding hydrogens is 342 g/mol. The maximum atomic E-state index is 12.9. The monoisotopic (exact) mass is 365 g/mol. The molecule has 0 spiro atoms. The van der Waals surface area contributed by atoms with Crippen LogP contribution in [0.25, 0.3) is 0 Å². The van der Waals surface area contributed by atoms with Gasteiger partial charge < -0.3 is 10.6 Å². The molecule has 1 fully saturated rings. The minimum absolute atomic E-state index is 0.334. The van der Waals surface area contributed by atoms with Gasteiger partial charge >= 0.3 is 6.03 Å². The number of rotatable bonds is 4. The number of urea groups is 1. The molecule has 0 radical (unpaired) electrons. The molecule has 2 N–H and O–H groups in total. The third-order valence-electron chi connectivity index (χ3n) is 4.71. The van der Waals surface area contributed by atoms with Crippen LogP contribution in [0.2, 0.25) is 0 Å². The Hall–Kier alpha value is -3.15. The molecule has 0 saturated carbocycles. The van der Waals surface area contributed by atoms with Gasteiger partial charge in [-0.05, 0) is 56.5 Å². The number of nitrogens with one attached hydrogen (secondary N) is 2. The van der Waals surface area contributed by atoms with E-state index in [-0.39, 0.29) is 6.54 Å². The van der Waals surface area contributed by atoms with Crippen molar-refractivity contribution in [3.63, 3.8) is 0 Å². The summed E-state index contributed by atoms with van der Waals surface area (Å²) in [6.45, 7) is 7.14. The Morgan fingerprint density at radius 1 is 1.00 bits per heavy atom. The van der Waals surface area contributed by atoms with Gasteiger partial charge in [0.25, 0.3) is 5.91 Å². The molecule has 4 amide bonds. The molecule has 140 valence electrons. The van der Waals surface area contributed by atoms with Crippen molar-refractivity contribution in [1.82, 2.24) is 10.2 Å². The Morgan fingerprint density at radius 3 is 2.19 bits per heavy atom. The number of nitrogens with zero attached hydrogens (tertiary/aromatic N) is 1. The molecule has 3 rings (SSSR count). The molecule has 1 aliphatic heterocycles. The highest BCUT2D eigenvalue weighted by atomic mass is 16.2. The molecule has 0 aliphatic carbocycles. The van der Waals surface area contributed by atoms with Crippen LogP contribution in [0, 0.1) is 20.8 Å². The van der Waals surface area contributed by atoms with Gasteiger partial charge in [-0.1, -0.05) is 35.9 Å². The second-order valence-electron chi connectivity index (χ2n) is 7.24. The number of carbonyl (C=O) groups excluding carboxylic acids is 3. The number of hydrogen-bond donors (Lipinski definition) is 2. The number of aryl methyl sites for hydroxylation is 3. The number of imide groups is 1. The quantitative estimate of drug-likeness (QED) is 0.818. The zero-order valence-corrected chi connectivity index (χ0v) is 15.9. The summed E-state index contributed by atoms with van der Waals surface area (Å²) in [6, 6.07) is 12.5. The first-order valence-electron chi connectivity index (χ1n) is 8.78. The van der Waals surface area contributed by atoms with E-state index in [1.807, 2.05) is 63.2 Å². The zero-order chi connectivity index (χ0) is 19.8. The van der Waals surface area contributed by atoms with Gasteiger partial charge in [-0.3, -0.25) is 14.5 Å². The summed E-state index contributed by atoms with van der Waals surface area (Å²) in [6.07, 6.45) is 0. The molecular formula is C21H23N3O3. The standard InChI is InChI=1S/C21H23N3O3/c1-13-5-7-16(8-6-13)21(4)19(26)24(20(27)23-21)12-18(25)22-17-10-14(2)9-15(3)11-17/h5-11H,12H2,1-4H3,(H,22,25)(H,23,27)/t21-/m1/s1. The largest absolute Gasteiger partial charge is 0.325 e. The molecule has 27 heavy (non-hydrogen) atoms. The van der Waals surface area contributed by atoms with Gasteiger partial charge in [0.15, 0.2) is 0 Å². The molecule has 6 heteroatoms. The topological polar surface area (TPSA) is 78.5 Å². The summed E-state index contributed by atoms with van der Waals surface area (Å²) in [5.74, 6) is -0.858. The zero-order valence-electron chi connectivity index (χ0n) is 15.9. The molecule has 2 aromatic carbocycles.